The molecule has 0 aliphatic carbocycles. The first kappa shape index (κ1) is 14.7. The Morgan fingerprint density at radius 3 is 2.12 bits per heavy atom. The third kappa shape index (κ3) is 7.08. The molecular weight excluding hydrogens is 227 g/mol. The highest BCUT2D eigenvalue weighted by Crippen LogP contribution is 2.19. The molecule has 0 heterocycles. The average molecular weight is 241 g/mol. The van der Waals surface area contributed by atoms with Gasteiger partial charge in [-0.1, -0.05) is 13.8 Å². The fourth-order valence-electron chi connectivity index (χ4n) is 1.08. The normalized spacial score (nSPS) is 13.6. The largest absolute Gasteiger partial charge is 0.481 e. The monoisotopic (exact) mass is 241 g/mol. The van der Waals surface area contributed by atoms with E-state index in [2.05, 4.69) is 5.32 Å². The number of amides is 1. The number of rotatable bonds is 5. The number of carbonyl (C=O) groups excluding carboxylic acids is 1. The number of carboxylic acid groups (broad SMARTS) is 1. The van der Waals surface area contributed by atoms with Gasteiger partial charge in [-0.15, -0.1) is 0 Å². The molecule has 0 spiro atoms. The summed E-state index contributed by atoms with van der Waals surface area (Å²) < 4.78 is 35.5. The summed E-state index contributed by atoms with van der Waals surface area (Å²) in [7, 11) is 0. The van der Waals surface area contributed by atoms with Crippen molar-refractivity contribution in [2.75, 3.05) is 0 Å². The molecule has 0 aromatic rings. The maximum absolute atomic E-state index is 11.8. The Labute approximate surface area is 90.8 Å². The van der Waals surface area contributed by atoms with Gasteiger partial charge in [0.15, 0.2) is 0 Å². The Hall–Kier alpha value is -1.27. The first-order valence-electron chi connectivity index (χ1n) is 4.69. The van der Waals surface area contributed by atoms with E-state index in [1.54, 1.807) is 13.8 Å². The lowest BCUT2D eigenvalue weighted by Crippen LogP contribution is -2.41. The van der Waals surface area contributed by atoms with Gasteiger partial charge < -0.3 is 10.4 Å². The van der Waals surface area contributed by atoms with Crippen molar-refractivity contribution in [3.63, 3.8) is 0 Å². The molecule has 4 nitrogen and oxygen atoms in total. The molecule has 94 valence electrons. The number of aliphatic carboxylic acids is 1. The standard InChI is InChI=1S/C9H14F3NO3/c1-5(2)6(3-8(15)16)13-7(14)4-9(10,11)12/h5-6H,3-4H2,1-2H3,(H,13,14)(H,15,16). The highest BCUT2D eigenvalue weighted by atomic mass is 19.4. The molecule has 2 N–H and O–H groups in total. The van der Waals surface area contributed by atoms with Crippen LogP contribution >= 0.6 is 0 Å². The second-order valence-corrected chi connectivity index (χ2v) is 3.81. The molecule has 1 amide bonds. The summed E-state index contributed by atoms with van der Waals surface area (Å²) in [5.41, 5.74) is 0. The van der Waals surface area contributed by atoms with Crippen LogP contribution in [0.3, 0.4) is 0 Å². The molecule has 0 fully saturated rings. The topological polar surface area (TPSA) is 66.4 Å². The van der Waals surface area contributed by atoms with Crippen molar-refractivity contribution < 1.29 is 27.9 Å². The summed E-state index contributed by atoms with van der Waals surface area (Å²) in [5.74, 6) is -2.60. The van der Waals surface area contributed by atoms with E-state index in [1.165, 1.54) is 0 Å². The number of hydrogen-bond acceptors (Lipinski definition) is 2. The smallest absolute Gasteiger partial charge is 0.397 e. The highest BCUT2D eigenvalue weighted by molar-refractivity contribution is 5.78. The van der Waals surface area contributed by atoms with Gasteiger partial charge in [-0.25, -0.2) is 0 Å². The maximum atomic E-state index is 11.8. The van der Waals surface area contributed by atoms with E-state index in [0.717, 1.165) is 0 Å². The van der Waals surface area contributed by atoms with E-state index < -0.39 is 30.5 Å². The van der Waals surface area contributed by atoms with Gasteiger partial charge in [0.25, 0.3) is 0 Å². The van der Waals surface area contributed by atoms with E-state index in [4.69, 9.17) is 5.11 Å². The highest BCUT2D eigenvalue weighted by Gasteiger charge is 2.32. The van der Waals surface area contributed by atoms with Crippen LogP contribution in [0.25, 0.3) is 0 Å². The van der Waals surface area contributed by atoms with Gasteiger partial charge in [-0.3, -0.25) is 9.59 Å². The van der Waals surface area contributed by atoms with Crippen molar-refractivity contribution in [1.29, 1.82) is 0 Å². The molecule has 0 aliphatic rings. The van der Waals surface area contributed by atoms with E-state index >= 15 is 0 Å². The lowest BCUT2D eigenvalue weighted by atomic mass is 10.0. The lowest BCUT2D eigenvalue weighted by molar-refractivity contribution is -0.154. The minimum atomic E-state index is -4.57. The van der Waals surface area contributed by atoms with Crippen molar-refractivity contribution >= 4 is 11.9 Å². The van der Waals surface area contributed by atoms with Crippen molar-refractivity contribution in [2.45, 2.75) is 38.9 Å². The summed E-state index contributed by atoms with van der Waals surface area (Å²) in [6, 6.07) is -0.785. The minimum Gasteiger partial charge on any atom is -0.481 e. The van der Waals surface area contributed by atoms with Crippen LogP contribution in [-0.4, -0.2) is 29.2 Å². The summed E-state index contributed by atoms with van der Waals surface area (Å²) in [6.07, 6.45) is -6.55. The fourth-order valence-corrected chi connectivity index (χ4v) is 1.08. The van der Waals surface area contributed by atoms with Crippen molar-refractivity contribution in [3.8, 4) is 0 Å². The Morgan fingerprint density at radius 1 is 1.31 bits per heavy atom. The van der Waals surface area contributed by atoms with Crippen LogP contribution in [-0.2, 0) is 9.59 Å². The van der Waals surface area contributed by atoms with Gasteiger partial charge in [0, 0.05) is 6.04 Å². The Balaban J connectivity index is 4.30. The predicted octanol–water partition coefficient (Wildman–Crippen LogP) is 1.55. The summed E-state index contributed by atoms with van der Waals surface area (Å²) in [5, 5.41) is 10.6. The number of hydrogen-bond donors (Lipinski definition) is 2. The molecule has 1 unspecified atom stereocenters. The van der Waals surface area contributed by atoms with Gasteiger partial charge in [-0.2, -0.15) is 13.2 Å². The van der Waals surface area contributed by atoms with Crippen LogP contribution in [0.15, 0.2) is 0 Å². The van der Waals surface area contributed by atoms with Crippen LogP contribution in [0.2, 0.25) is 0 Å². The first-order valence-corrected chi connectivity index (χ1v) is 4.69. The third-order valence-corrected chi connectivity index (χ3v) is 1.91. The van der Waals surface area contributed by atoms with Gasteiger partial charge in [0.05, 0.1) is 6.42 Å². The van der Waals surface area contributed by atoms with Crippen molar-refractivity contribution in [1.82, 2.24) is 5.32 Å². The molecule has 0 saturated carbocycles. The number of carboxylic acids is 1. The second kappa shape index (κ2) is 5.72. The number of carbonyl (C=O) groups is 2. The quantitative estimate of drug-likeness (QED) is 0.767. The van der Waals surface area contributed by atoms with E-state index in [-0.39, 0.29) is 12.3 Å². The van der Waals surface area contributed by atoms with Crippen LogP contribution < -0.4 is 5.32 Å². The van der Waals surface area contributed by atoms with Gasteiger partial charge in [0.2, 0.25) is 5.91 Å². The summed E-state index contributed by atoms with van der Waals surface area (Å²) in [6.45, 7) is 3.25. The molecule has 0 bridgehead atoms. The fraction of sp³-hybridized carbons (Fsp3) is 0.778. The molecule has 0 aliphatic heterocycles. The SMILES string of the molecule is CC(C)C(CC(=O)O)NC(=O)CC(F)(F)F. The summed E-state index contributed by atoms with van der Waals surface area (Å²) in [4.78, 5) is 21.3. The molecule has 0 saturated heterocycles. The molecule has 0 rings (SSSR count). The molecule has 0 aromatic heterocycles. The van der Waals surface area contributed by atoms with Gasteiger partial charge >= 0.3 is 12.1 Å². The van der Waals surface area contributed by atoms with Crippen molar-refractivity contribution in [2.24, 2.45) is 5.92 Å². The predicted molar refractivity (Wildman–Crippen MR) is 49.7 cm³/mol. The zero-order valence-corrected chi connectivity index (χ0v) is 8.97. The lowest BCUT2D eigenvalue weighted by Gasteiger charge is -2.20. The number of nitrogens with one attached hydrogen (secondary N) is 1. The zero-order valence-electron chi connectivity index (χ0n) is 8.97. The van der Waals surface area contributed by atoms with Crippen LogP contribution in [0.4, 0.5) is 13.2 Å². The Morgan fingerprint density at radius 2 is 1.81 bits per heavy atom. The second-order valence-electron chi connectivity index (χ2n) is 3.81. The zero-order chi connectivity index (χ0) is 12.9. The van der Waals surface area contributed by atoms with E-state index in [1.807, 2.05) is 0 Å². The third-order valence-electron chi connectivity index (χ3n) is 1.91. The van der Waals surface area contributed by atoms with E-state index in [9.17, 15) is 22.8 Å². The molecule has 0 aromatic carbocycles. The minimum absolute atomic E-state index is 0.242. The van der Waals surface area contributed by atoms with Crippen LogP contribution in [0.5, 0.6) is 0 Å². The Bertz CT molecular complexity index is 263. The number of halogens is 3. The van der Waals surface area contributed by atoms with Crippen molar-refractivity contribution in [3.05, 3.63) is 0 Å². The van der Waals surface area contributed by atoms with E-state index in [0.29, 0.717) is 0 Å². The van der Waals surface area contributed by atoms with Crippen LogP contribution in [0, 0.1) is 5.92 Å². The molecule has 1 atom stereocenters. The van der Waals surface area contributed by atoms with Crippen LogP contribution in [0.1, 0.15) is 26.7 Å². The molecule has 7 heteroatoms. The first-order chi connectivity index (χ1) is 7.11. The maximum Gasteiger partial charge on any atom is 0.397 e. The van der Waals surface area contributed by atoms with Gasteiger partial charge in [-0.05, 0) is 5.92 Å². The molecular formula is C9H14F3NO3. The number of alkyl halides is 3. The average Bonchev–Trinajstić information content (AvgIpc) is 1.97. The Kier molecular flexibility index (Phi) is 5.26. The van der Waals surface area contributed by atoms with Gasteiger partial charge in [0.1, 0.15) is 6.42 Å². The molecule has 16 heavy (non-hydrogen) atoms. The molecule has 0 radical (unpaired) electrons. The summed E-state index contributed by atoms with van der Waals surface area (Å²) >= 11 is 0.